The van der Waals surface area contributed by atoms with Crippen molar-refractivity contribution in [2.45, 2.75) is 110 Å². The van der Waals surface area contributed by atoms with E-state index in [1.807, 2.05) is 5.92 Å². The molecule has 0 spiro atoms. The summed E-state index contributed by atoms with van der Waals surface area (Å²) < 4.78 is 0. The lowest BCUT2D eigenvalue weighted by Crippen LogP contribution is -2.03. The van der Waals surface area contributed by atoms with Crippen LogP contribution < -0.4 is 0 Å². The lowest BCUT2D eigenvalue weighted by Gasteiger charge is -2.20. The third-order valence-corrected chi connectivity index (χ3v) is 4.44. The molecule has 0 saturated heterocycles. The fourth-order valence-corrected chi connectivity index (χ4v) is 3.16. The largest absolute Gasteiger partial charge is 0.0654 e. The maximum absolute atomic E-state index is 2.30. The average Bonchev–Trinajstić information content (AvgIpc) is 2.42. The van der Waals surface area contributed by atoms with E-state index >= 15 is 0 Å². The molecule has 0 aromatic heterocycles. The fraction of sp³-hybridized carbons (Fsp3) is 0.944. The van der Waals surface area contributed by atoms with Crippen molar-refractivity contribution in [1.29, 1.82) is 0 Å². The van der Waals surface area contributed by atoms with Crippen LogP contribution in [-0.2, 0) is 0 Å². The van der Waals surface area contributed by atoms with E-state index in [1.54, 1.807) is 0 Å². The van der Waals surface area contributed by atoms with E-state index in [-0.39, 0.29) is 0 Å². The van der Waals surface area contributed by atoms with E-state index in [4.69, 9.17) is 0 Å². The van der Waals surface area contributed by atoms with Gasteiger partial charge in [0.05, 0.1) is 0 Å². The van der Waals surface area contributed by atoms with Crippen LogP contribution in [0.25, 0.3) is 0 Å². The second-order valence-corrected chi connectivity index (χ2v) is 6.24. The zero-order chi connectivity index (χ0) is 12.9. The van der Waals surface area contributed by atoms with Crippen molar-refractivity contribution < 1.29 is 0 Å². The summed E-state index contributed by atoms with van der Waals surface area (Å²) in [6, 6.07) is 0. The molecule has 18 heavy (non-hydrogen) atoms. The molecule has 0 amide bonds. The maximum Gasteiger partial charge on any atom is -0.0241 e. The molecule has 0 atom stereocenters. The summed E-state index contributed by atoms with van der Waals surface area (Å²) in [7, 11) is 0. The van der Waals surface area contributed by atoms with E-state index in [9.17, 15) is 0 Å². The van der Waals surface area contributed by atoms with Crippen molar-refractivity contribution in [1.82, 2.24) is 0 Å². The highest BCUT2D eigenvalue weighted by molar-refractivity contribution is 4.91. The Morgan fingerprint density at radius 3 is 1.67 bits per heavy atom. The first-order valence-corrected chi connectivity index (χ1v) is 8.77. The van der Waals surface area contributed by atoms with Gasteiger partial charge >= 0.3 is 0 Å². The summed E-state index contributed by atoms with van der Waals surface area (Å²) in [5.74, 6) is 1.89. The summed E-state index contributed by atoms with van der Waals surface area (Å²) >= 11 is 0. The van der Waals surface area contributed by atoms with E-state index in [0.717, 1.165) is 0 Å². The van der Waals surface area contributed by atoms with Crippen LogP contribution in [-0.4, -0.2) is 0 Å². The molecule has 1 fully saturated rings. The molecule has 0 heteroatoms. The first kappa shape index (κ1) is 16.1. The summed E-state index contributed by atoms with van der Waals surface area (Å²) in [5.41, 5.74) is 0. The van der Waals surface area contributed by atoms with Gasteiger partial charge in [-0.2, -0.15) is 0 Å². The minimum absolute atomic E-state index is 1.37. The second-order valence-electron chi connectivity index (χ2n) is 6.24. The minimum atomic E-state index is 1.37. The van der Waals surface area contributed by atoms with Crippen LogP contribution in [0, 0.1) is 5.92 Å². The van der Waals surface area contributed by atoms with Crippen LogP contribution in [0.4, 0.5) is 0 Å². The van der Waals surface area contributed by atoms with E-state index < -0.39 is 0 Å². The molecule has 0 aliphatic heterocycles. The Morgan fingerprint density at radius 2 is 1.11 bits per heavy atom. The highest BCUT2D eigenvalue weighted by Gasteiger charge is 2.12. The molecule has 0 bridgehead atoms. The van der Waals surface area contributed by atoms with Crippen LogP contribution in [0.3, 0.4) is 0 Å². The Balaban J connectivity index is 1.73. The zero-order valence-electron chi connectivity index (χ0n) is 12.8. The molecule has 1 rings (SSSR count). The molecule has 1 aliphatic rings. The van der Waals surface area contributed by atoms with Crippen molar-refractivity contribution in [3.8, 4) is 0 Å². The third-order valence-electron chi connectivity index (χ3n) is 4.44. The normalized spacial score (nSPS) is 17.2. The van der Waals surface area contributed by atoms with Crippen molar-refractivity contribution in [3.05, 3.63) is 5.92 Å². The van der Waals surface area contributed by atoms with E-state index in [0.29, 0.717) is 0 Å². The van der Waals surface area contributed by atoms with Crippen LogP contribution in [0.1, 0.15) is 110 Å². The minimum Gasteiger partial charge on any atom is -0.0654 e. The van der Waals surface area contributed by atoms with Gasteiger partial charge in [-0.25, -0.2) is 0 Å². The van der Waals surface area contributed by atoms with Crippen LogP contribution in [0.15, 0.2) is 0 Å². The average molecular weight is 251 g/mol. The predicted molar refractivity (Wildman–Crippen MR) is 82.8 cm³/mol. The Kier molecular flexibility index (Phi) is 10.8. The van der Waals surface area contributed by atoms with E-state index in [1.165, 1.54) is 103 Å². The topological polar surface area (TPSA) is 0 Å². The van der Waals surface area contributed by atoms with E-state index in [2.05, 4.69) is 6.92 Å². The third kappa shape index (κ3) is 9.00. The monoisotopic (exact) mass is 251 g/mol. The first-order chi connectivity index (χ1) is 8.93. The quantitative estimate of drug-likeness (QED) is 0.353. The molecule has 1 saturated carbocycles. The van der Waals surface area contributed by atoms with Crippen LogP contribution >= 0.6 is 0 Å². The summed E-state index contributed by atoms with van der Waals surface area (Å²) in [5, 5.41) is 0. The molecule has 107 valence electrons. The number of unbranched alkanes of at least 4 members (excludes halogenated alkanes) is 9. The highest BCUT2D eigenvalue weighted by Crippen LogP contribution is 2.29. The Hall–Kier alpha value is 0. The van der Waals surface area contributed by atoms with Crippen molar-refractivity contribution in [2.24, 2.45) is 0 Å². The second kappa shape index (κ2) is 12.1. The van der Waals surface area contributed by atoms with Gasteiger partial charge in [-0.1, -0.05) is 90.4 Å². The number of hydrogen-bond donors (Lipinski definition) is 0. The summed E-state index contributed by atoms with van der Waals surface area (Å²) in [6.07, 6.45) is 23.5. The molecule has 0 nitrogen and oxygen atoms in total. The van der Waals surface area contributed by atoms with Gasteiger partial charge in [0.2, 0.25) is 0 Å². The molecule has 0 aromatic rings. The molecule has 1 radical (unpaired) electrons. The van der Waals surface area contributed by atoms with Gasteiger partial charge in [0.25, 0.3) is 0 Å². The van der Waals surface area contributed by atoms with Gasteiger partial charge in [0, 0.05) is 0 Å². The molecule has 0 N–H and O–H groups in total. The highest BCUT2D eigenvalue weighted by atomic mass is 14.2. The lowest BCUT2D eigenvalue weighted by molar-refractivity contribution is 0.483. The van der Waals surface area contributed by atoms with Crippen LogP contribution in [0.2, 0.25) is 0 Å². The summed E-state index contributed by atoms with van der Waals surface area (Å²) in [6.45, 7) is 2.30. The Bertz CT molecular complexity index is 155. The maximum atomic E-state index is 2.30. The molecule has 0 unspecified atom stereocenters. The predicted octanol–water partition coefficient (Wildman–Crippen LogP) is 6.84. The summed E-state index contributed by atoms with van der Waals surface area (Å²) in [4.78, 5) is 0. The fourth-order valence-electron chi connectivity index (χ4n) is 3.16. The standard InChI is InChI=1S/C18H35/c1-2-3-4-5-6-7-8-9-10-12-15-18-16-13-11-14-17-18/h2-17H2,1H3. The van der Waals surface area contributed by atoms with Gasteiger partial charge in [-0.15, -0.1) is 0 Å². The van der Waals surface area contributed by atoms with Gasteiger partial charge in [-0.3, -0.25) is 0 Å². The Morgan fingerprint density at radius 1 is 0.611 bits per heavy atom. The molecule has 1 aliphatic carbocycles. The SMILES string of the molecule is CCCCCCCCCCCC[C]1CCCCC1. The molecular formula is C18H35. The van der Waals surface area contributed by atoms with Crippen molar-refractivity contribution in [2.75, 3.05) is 0 Å². The van der Waals surface area contributed by atoms with Gasteiger partial charge < -0.3 is 0 Å². The first-order valence-electron chi connectivity index (χ1n) is 8.77. The van der Waals surface area contributed by atoms with Gasteiger partial charge in [0.1, 0.15) is 0 Å². The van der Waals surface area contributed by atoms with Gasteiger partial charge in [-0.05, 0) is 25.2 Å². The molecular weight excluding hydrogens is 216 g/mol. The number of rotatable bonds is 11. The van der Waals surface area contributed by atoms with Crippen molar-refractivity contribution >= 4 is 0 Å². The zero-order valence-corrected chi connectivity index (χ0v) is 12.8. The lowest BCUT2D eigenvalue weighted by atomic mass is 9.85. The van der Waals surface area contributed by atoms with Crippen molar-refractivity contribution in [3.63, 3.8) is 0 Å². The Labute approximate surface area is 116 Å². The molecule has 0 aromatic carbocycles. The smallest absolute Gasteiger partial charge is 0.0241 e. The van der Waals surface area contributed by atoms with Crippen LogP contribution in [0.5, 0.6) is 0 Å². The number of hydrogen-bond acceptors (Lipinski definition) is 0. The van der Waals surface area contributed by atoms with Gasteiger partial charge in [0.15, 0.2) is 0 Å². The molecule has 0 heterocycles.